The maximum absolute atomic E-state index is 4.35. The van der Waals surface area contributed by atoms with Crippen molar-refractivity contribution in [1.82, 2.24) is 24.3 Å². The van der Waals surface area contributed by atoms with E-state index in [1.807, 2.05) is 35.0 Å². The third kappa shape index (κ3) is 2.57. The zero-order valence-corrected chi connectivity index (χ0v) is 12.3. The first-order valence-electron chi connectivity index (χ1n) is 6.67. The fourth-order valence-corrected chi connectivity index (χ4v) is 2.78. The van der Waals surface area contributed by atoms with Crippen molar-refractivity contribution < 1.29 is 0 Å². The normalized spacial score (nSPS) is 13.2. The molecular weight excluding hydrogens is 270 g/mol. The number of hydrogen-bond donors (Lipinski definition) is 1. The molecule has 1 N–H and O–H groups in total. The molecule has 0 aromatic carbocycles. The van der Waals surface area contributed by atoms with Gasteiger partial charge in [0.15, 0.2) is 11.5 Å². The Kier molecular flexibility index (Phi) is 3.75. The van der Waals surface area contributed by atoms with Gasteiger partial charge in [0.05, 0.1) is 6.04 Å². The minimum absolute atomic E-state index is 0.160. The maximum atomic E-state index is 4.35. The van der Waals surface area contributed by atoms with Crippen molar-refractivity contribution in [1.29, 1.82) is 0 Å². The van der Waals surface area contributed by atoms with Crippen LogP contribution in [0.2, 0.25) is 0 Å². The van der Waals surface area contributed by atoms with Crippen molar-refractivity contribution in [3.05, 3.63) is 47.4 Å². The molecular formula is C14H17N5S. The van der Waals surface area contributed by atoms with Gasteiger partial charge in [0, 0.05) is 24.3 Å². The van der Waals surface area contributed by atoms with E-state index < -0.39 is 0 Å². The van der Waals surface area contributed by atoms with Gasteiger partial charge in [0.2, 0.25) is 0 Å². The molecule has 3 rings (SSSR count). The zero-order chi connectivity index (χ0) is 13.9. The third-order valence-corrected chi connectivity index (χ3v) is 3.93. The Hall–Kier alpha value is -1.79. The molecule has 1 unspecified atom stereocenters. The molecule has 3 aromatic heterocycles. The Bertz CT molecular complexity index is 674. The summed E-state index contributed by atoms with van der Waals surface area (Å²) in [6, 6.07) is 6.10. The van der Waals surface area contributed by atoms with E-state index in [9.17, 15) is 0 Å². The summed E-state index contributed by atoms with van der Waals surface area (Å²) < 4.78 is 6.17. The number of aromatic nitrogens is 4. The summed E-state index contributed by atoms with van der Waals surface area (Å²) in [5.74, 6) is 1.38. The first-order valence-corrected chi connectivity index (χ1v) is 7.50. The van der Waals surface area contributed by atoms with Gasteiger partial charge in [0.1, 0.15) is 0 Å². The maximum Gasteiger partial charge on any atom is 0.160 e. The van der Waals surface area contributed by atoms with E-state index in [1.165, 1.54) is 17.1 Å². The van der Waals surface area contributed by atoms with Gasteiger partial charge >= 0.3 is 0 Å². The summed E-state index contributed by atoms with van der Waals surface area (Å²) in [7, 11) is 0. The van der Waals surface area contributed by atoms with E-state index in [2.05, 4.69) is 39.1 Å². The quantitative estimate of drug-likeness (QED) is 0.784. The number of pyridine rings is 1. The molecule has 0 radical (unpaired) electrons. The number of nitrogens with one attached hydrogen (secondary N) is 1. The number of fused-ring (bicyclic) bond motifs is 1. The van der Waals surface area contributed by atoms with Gasteiger partial charge in [-0.1, -0.05) is 19.9 Å². The monoisotopic (exact) mass is 287 g/mol. The molecule has 3 aromatic rings. The van der Waals surface area contributed by atoms with Gasteiger partial charge in [-0.05, 0) is 35.1 Å². The summed E-state index contributed by atoms with van der Waals surface area (Å²) in [6.07, 6.45) is 3.91. The summed E-state index contributed by atoms with van der Waals surface area (Å²) in [5.41, 5.74) is 2.08. The largest absolute Gasteiger partial charge is 0.303 e. The first kappa shape index (κ1) is 13.2. The standard InChI is InChI=1S/C14H17N5S/c1-10(2)13(15-7-11-8-16-20-9-11)14-18-17-12-5-3-4-6-19(12)14/h3-6,8-10,13,15H,7H2,1-2H3. The van der Waals surface area contributed by atoms with E-state index >= 15 is 0 Å². The van der Waals surface area contributed by atoms with E-state index in [4.69, 9.17) is 0 Å². The lowest BCUT2D eigenvalue weighted by molar-refractivity contribution is 0.390. The molecule has 0 saturated heterocycles. The van der Waals surface area contributed by atoms with Gasteiger partial charge in [-0.2, -0.15) is 0 Å². The Balaban J connectivity index is 1.86. The summed E-state index contributed by atoms with van der Waals surface area (Å²) in [5, 5.41) is 14.2. The molecule has 6 heteroatoms. The summed E-state index contributed by atoms with van der Waals surface area (Å²) in [6.45, 7) is 5.17. The molecule has 0 spiro atoms. The Morgan fingerprint density at radius 3 is 2.95 bits per heavy atom. The molecule has 0 fully saturated rings. The van der Waals surface area contributed by atoms with E-state index in [0.29, 0.717) is 5.92 Å². The average molecular weight is 287 g/mol. The second-order valence-corrected chi connectivity index (χ2v) is 5.78. The highest BCUT2D eigenvalue weighted by Crippen LogP contribution is 2.21. The molecule has 0 aliphatic rings. The molecule has 104 valence electrons. The molecule has 0 aliphatic carbocycles. The van der Waals surface area contributed by atoms with Crippen LogP contribution in [0.1, 0.15) is 31.3 Å². The molecule has 0 aliphatic heterocycles. The zero-order valence-electron chi connectivity index (χ0n) is 11.5. The van der Waals surface area contributed by atoms with Crippen LogP contribution in [0.15, 0.2) is 36.0 Å². The molecule has 0 amide bonds. The van der Waals surface area contributed by atoms with Crippen LogP contribution >= 0.6 is 11.5 Å². The fourth-order valence-electron chi connectivity index (χ4n) is 2.24. The molecule has 20 heavy (non-hydrogen) atoms. The molecule has 1 atom stereocenters. The second-order valence-electron chi connectivity index (χ2n) is 5.12. The lowest BCUT2D eigenvalue weighted by Gasteiger charge is -2.20. The van der Waals surface area contributed by atoms with Crippen molar-refractivity contribution in [2.24, 2.45) is 5.92 Å². The SMILES string of the molecule is CC(C)C(NCc1cnsc1)c1nnc2ccccn12. The van der Waals surface area contributed by atoms with Crippen molar-refractivity contribution in [3.8, 4) is 0 Å². The number of hydrogen-bond acceptors (Lipinski definition) is 5. The van der Waals surface area contributed by atoms with Gasteiger partial charge in [-0.25, -0.2) is 4.37 Å². The Labute approximate surface area is 121 Å². The van der Waals surface area contributed by atoms with Crippen molar-refractivity contribution >= 4 is 17.2 Å². The van der Waals surface area contributed by atoms with Gasteiger partial charge in [0.25, 0.3) is 0 Å². The lowest BCUT2D eigenvalue weighted by atomic mass is 10.0. The lowest BCUT2D eigenvalue weighted by Crippen LogP contribution is -2.27. The highest BCUT2D eigenvalue weighted by Gasteiger charge is 2.21. The van der Waals surface area contributed by atoms with Crippen molar-refractivity contribution in [3.63, 3.8) is 0 Å². The van der Waals surface area contributed by atoms with Crippen molar-refractivity contribution in [2.45, 2.75) is 26.4 Å². The van der Waals surface area contributed by atoms with Crippen LogP contribution in [0.5, 0.6) is 0 Å². The first-order chi connectivity index (χ1) is 9.75. The summed E-state index contributed by atoms with van der Waals surface area (Å²) >= 11 is 1.48. The average Bonchev–Trinajstić information content (AvgIpc) is 3.08. The molecule has 0 saturated carbocycles. The van der Waals surface area contributed by atoms with E-state index in [0.717, 1.165) is 18.0 Å². The fraction of sp³-hybridized carbons (Fsp3) is 0.357. The number of nitrogens with zero attached hydrogens (tertiary/aromatic N) is 4. The van der Waals surface area contributed by atoms with Crippen LogP contribution in [0, 0.1) is 5.92 Å². The minimum atomic E-state index is 0.160. The minimum Gasteiger partial charge on any atom is -0.303 e. The highest BCUT2D eigenvalue weighted by atomic mass is 32.1. The van der Waals surface area contributed by atoms with Crippen LogP contribution in [-0.2, 0) is 6.54 Å². The van der Waals surface area contributed by atoms with Crippen molar-refractivity contribution in [2.75, 3.05) is 0 Å². The molecule has 0 bridgehead atoms. The molecule has 5 nitrogen and oxygen atoms in total. The second kappa shape index (κ2) is 5.68. The predicted molar refractivity (Wildman–Crippen MR) is 79.5 cm³/mol. The Morgan fingerprint density at radius 1 is 1.30 bits per heavy atom. The number of rotatable bonds is 5. The van der Waals surface area contributed by atoms with Crippen LogP contribution in [0.4, 0.5) is 0 Å². The van der Waals surface area contributed by atoms with E-state index in [-0.39, 0.29) is 6.04 Å². The smallest absolute Gasteiger partial charge is 0.160 e. The molecule has 3 heterocycles. The van der Waals surface area contributed by atoms with Gasteiger partial charge < -0.3 is 5.32 Å². The van der Waals surface area contributed by atoms with Crippen LogP contribution < -0.4 is 5.32 Å². The van der Waals surface area contributed by atoms with Crippen LogP contribution in [0.25, 0.3) is 5.65 Å². The third-order valence-electron chi connectivity index (χ3n) is 3.29. The topological polar surface area (TPSA) is 55.1 Å². The van der Waals surface area contributed by atoms with Crippen LogP contribution in [0.3, 0.4) is 0 Å². The summed E-state index contributed by atoms with van der Waals surface area (Å²) in [4.78, 5) is 0. The van der Waals surface area contributed by atoms with Gasteiger partial charge in [-0.15, -0.1) is 10.2 Å². The van der Waals surface area contributed by atoms with Gasteiger partial charge in [-0.3, -0.25) is 4.40 Å². The van der Waals surface area contributed by atoms with E-state index in [1.54, 1.807) is 0 Å². The predicted octanol–water partition coefficient (Wildman–Crippen LogP) is 2.67. The Morgan fingerprint density at radius 2 is 2.20 bits per heavy atom. The van der Waals surface area contributed by atoms with Crippen LogP contribution in [-0.4, -0.2) is 19.0 Å². The highest BCUT2D eigenvalue weighted by molar-refractivity contribution is 7.03.